The van der Waals surface area contributed by atoms with Gasteiger partial charge in [-0.05, 0) is 36.8 Å². The van der Waals surface area contributed by atoms with E-state index in [1.165, 1.54) is 0 Å². The summed E-state index contributed by atoms with van der Waals surface area (Å²) in [7, 11) is 0. The van der Waals surface area contributed by atoms with Crippen molar-refractivity contribution in [2.45, 2.75) is 19.6 Å². The van der Waals surface area contributed by atoms with Crippen molar-refractivity contribution in [1.82, 2.24) is 5.32 Å². The topological polar surface area (TPSA) is 64.3 Å². The highest BCUT2D eigenvalue weighted by Crippen LogP contribution is 2.18. The summed E-state index contributed by atoms with van der Waals surface area (Å²) in [4.78, 5) is 12.0. The largest absolute Gasteiger partial charge is 0.481 e. The summed E-state index contributed by atoms with van der Waals surface area (Å²) in [6.07, 6.45) is -0.617. The molecule has 0 saturated carbocycles. The van der Waals surface area contributed by atoms with Crippen LogP contribution in [0.4, 0.5) is 5.69 Å². The van der Waals surface area contributed by atoms with Gasteiger partial charge in [-0.15, -0.1) is 0 Å². The number of halogens is 1. The first-order valence-electron chi connectivity index (χ1n) is 6.59. The van der Waals surface area contributed by atoms with Gasteiger partial charge in [0.05, 0.1) is 0 Å². The molecule has 0 fully saturated rings. The number of anilines is 1. The lowest BCUT2D eigenvalue weighted by Crippen LogP contribution is -2.36. The Labute approximate surface area is 128 Å². The van der Waals surface area contributed by atoms with Crippen LogP contribution in [0.15, 0.2) is 48.5 Å². The first-order chi connectivity index (χ1) is 10.1. The number of para-hydroxylation sites is 1. The van der Waals surface area contributed by atoms with E-state index >= 15 is 0 Å². The fourth-order valence-electron chi connectivity index (χ4n) is 1.82. The maximum Gasteiger partial charge on any atom is 0.261 e. The Morgan fingerprint density at radius 2 is 2.05 bits per heavy atom. The van der Waals surface area contributed by atoms with Crippen LogP contribution in [0.25, 0.3) is 0 Å². The third-order valence-corrected chi connectivity index (χ3v) is 3.22. The van der Waals surface area contributed by atoms with E-state index in [1.807, 2.05) is 18.2 Å². The predicted octanol–water partition coefficient (Wildman–Crippen LogP) is 3.01. The minimum Gasteiger partial charge on any atom is -0.481 e. The van der Waals surface area contributed by atoms with Crippen molar-refractivity contribution in [2.75, 3.05) is 5.73 Å². The number of benzene rings is 2. The van der Waals surface area contributed by atoms with Crippen LogP contribution in [0.1, 0.15) is 12.5 Å². The molecule has 0 radical (unpaired) electrons. The van der Waals surface area contributed by atoms with Crippen molar-refractivity contribution in [2.24, 2.45) is 0 Å². The predicted molar refractivity (Wildman–Crippen MR) is 84.2 cm³/mol. The van der Waals surface area contributed by atoms with E-state index in [4.69, 9.17) is 22.1 Å². The molecule has 0 aliphatic carbocycles. The highest BCUT2D eigenvalue weighted by Gasteiger charge is 2.14. The SMILES string of the molecule is CC(Oc1cccc(Cl)c1)C(=O)NCc1ccccc1N. The van der Waals surface area contributed by atoms with Gasteiger partial charge in [-0.25, -0.2) is 0 Å². The monoisotopic (exact) mass is 304 g/mol. The smallest absolute Gasteiger partial charge is 0.261 e. The number of nitrogens with two attached hydrogens (primary N) is 1. The number of carbonyl (C=O) groups excluding carboxylic acids is 1. The highest BCUT2D eigenvalue weighted by atomic mass is 35.5. The van der Waals surface area contributed by atoms with Crippen LogP contribution in [-0.4, -0.2) is 12.0 Å². The fraction of sp³-hybridized carbons (Fsp3) is 0.188. The Kier molecular flexibility index (Phi) is 5.06. The summed E-state index contributed by atoms with van der Waals surface area (Å²) >= 11 is 5.87. The summed E-state index contributed by atoms with van der Waals surface area (Å²) < 4.78 is 5.55. The number of amides is 1. The van der Waals surface area contributed by atoms with E-state index in [-0.39, 0.29) is 5.91 Å². The molecule has 2 aromatic carbocycles. The van der Waals surface area contributed by atoms with Crippen molar-refractivity contribution in [1.29, 1.82) is 0 Å². The lowest BCUT2D eigenvalue weighted by molar-refractivity contribution is -0.127. The minimum absolute atomic E-state index is 0.210. The third-order valence-electron chi connectivity index (χ3n) is 2.99. The molecule has 0 aromatic heterocycles. The molecule has 0 aliphatic rings. The van der Waals surface area contributed by atoms with Crippen molar-refractivity contribution in [3.8, 4) is 5.75 Å². The number of nitrogens with one attached hydrogen (secondary N) is 1. The normalized spacial score (nSPS) is 11.7. The van der Waals surface area contributed by atoms with Crippen molar-refractivity contribution in [3.63, 3.8) is 0 Å². The molecule has 3 N–H and O–H groups in total. The molecule has 0 heterocycles. The van der Waals surface area contributed by atoms with E-state index in [1.54, 1.807) is 37.3 Å². The molecule has 110 valence electrons. The van der Waals surface area contributed by atoms with Crippen molar-refractivity contribution in [3.05, 3.63) is 59.1 Å². The second-order valence-electron chi connectivity index (χ2n) is 4.63. The maximum absolute atomic E-state index is 12.0. The van der Waals surface area contributed by atoms with E-state index < -0.39 is 6.10 Å². The number of nitrogen functional groups attached to an aromatic ring is 1. The van der Waals surface area contributed by atoms with Gasteiger partial charge >= 0.3 is 0 Å². The van der Waals surface area contributed by atoms with E-state index in [0.29, 0.717) is 23.0 Å². The lowest BCUT2D eigenvalue weighted by Gasteiger charge is -2.15. The molecule has 1 unspecified atom stereocenters. The quantitative estimate of drug-likeness (QED) is 0.835. The molecular weight excluding hydrogens is 288 g/mol. The van der Waals surface area contributed by atoms with Gasteiger partial charge < -0.3 is 15.8 Å². The molecule has 1 amide bonds. The summed E-state index contributed by atoms with van der Waals surface area (Å²) in [5.41, 5.74) is 7.36. The number of rotatable bonds is 5. The average Bonchev–Trinajstić information content (AvgIpc) is 2.46. The zero-order chi connectivity index (χ0) is 15.2. The van der Waals surface area contributed by atoms with Gasteiger partial charge in [-0.3, -0.25) is 4.79 Å². The van der Waals surface area contributed by atoms with Gasteiger partial charge in [0.1, 0.15) is 5.75 Å². The molecule has 2 aromatic rings. The Balaban J connectivity index is 1.90. The van der Waals surface area contributed by atoms with Crippen LogP contribution < -0.4 is 15.8 Å². The number of carbonyl (C=O) groups is 1. The van der Waals surface area contributed by atoms with Gasteiger partial charge in [0.15, 0.2) is 6.10 Å². The van der Waals surface area contributed by atoms with E-state index in [0.717, 1.165) is 5.56 Å². The van der Waals surface area contributed by atoms with Crippen LogP contribution in [0.3, 0.4) is 0 Å². The second kappa shape index (κ2) is 6.99. The molecular formula is C16H17ClN2O2. The maximum atomic E-state index is 12.0. The molecule has 21 heavy (non-hydrogen) atoms. The zero-order valence-corrected chi connectivity index (χ0v) is 12.4. The first-order valence-corrected chi connectivity index (χ1v) is 6.97. The molecule has 5 heteroatoms. The van der Waals surface area contributed by atoms with Crippen molar-refractivity contribution < 1.29 is 9.53 Å². The Bertz CT molecular complexity index is 631. The summed E-state index contributed by atoms with van der Waals surface area (Å²) in [5.74, 6) is 0.350. The number of ether oxygens (including phenoxy) is 1. The first kappa shape index (κ1) is 15.2. The number of hydrogen-bond acceptors (Lipinski definition) is 3. The molecule has 0 saturated heterocycles. The molecule has 2 rings (SSSR count). The molecule has 0 bridgehead atoms. The minimum atomic E-state index is -0.617. The molecule has 0 spiro atoms. The Morgan fingerprint density at radius 3 is 2.76 bits per heavy atom. The summed E-state index contributed by atoms with van der Waals surface area (Å²) in [5, 5.41) is 3.36. The summed E-state index contributed by atoms with van der Waals surface area (Å²) in [6.45, 7) is 2.05. The molecule has 0 aliphatic heterocycles. The Morgan fingerprint density at radius 1 is 1.29 bits per heavy atom. The van der Waals surface area contributed by atoms with Crippen LogP contribution in [0, 0.1) is 0 Å². The van der Waals surface area contributed by atoms with Gasteiger partial charge in [-0.1, -0.05) is 35.9 Å². The van der Waals surface area contributed by atoms with Gasteiger partial charge in [0, 0.05) is 17.3 Å². The second-order valence-corrected chi connectivity index (χ2v) is 5.07. The van der Waals surface area contributed by atoms with Gasteiger partial charge in [0.25, 0.3) is 5.91 Å². The third kappa shape index (κ3) is 4.39. The molecule has 4 nitrogen and oxygen atoms in total. The lowest BCUT2D eigenvalue weighted by atomic mass is 10.2. The van der Waals surface area contributed by atoms with E-state index in [9.17, 15) is 4.79 Å². The van der Waals surface area contributed by atoms with E-state index in [2.05, 4.69) is 5.32 Å². The van der Waals surface area contributed by atoms with Crippen molar-refractivity contribution >= 4 is 23.2 Å². The van der Waals surface area contributed by atoms with Crippen LogP contribution in [0.2, 0.25) is 5.02 Å². The molecule has 1 atom stereocenters. The van der Waals surface area contributed by atoms with Crippen LogP contribution >= 0.6 is 11.6 Å². The average molecular weight is 305 g/mol. The standard InChI is InChI=1S/C16H17ClN2O2/c1-11(21-14-7-4-6-13(17)9-14)16(20)19-10-12-5-2-3-8-15(12)18/h2-9,11H,10,18H2,1H3,(H,19,20). The zero-order valence-electron chi connectivity index (χ0n) is 11.7. The van der Waals surface area contributed by atoms with Gasteiger partial charge in [0.2, 0.25) is 0 Å². The van der Waals surface area contributed by atoms with Gasteiger partial charge in [-0.2, -0.15) is 0 Å². The van der Waals surface area contributed by atoms with Crippen LogP contribution in [-0.2, 0) is 11.3 Å². The number of hydrogen-bond donors (Lipinski definition) is 2. The Hall–Kier alpha value is -2.20. The fourth-order valence-corrected chi connectivity index (χ4v) is 2.00. The highest BCUT2D eigenvalue weighted by molar-refractivity contribution is 6.30. The van der Waals surface area contributed by atoms with Crippen LogP contribution in [0.5, 0.6) is 5.75 Å². The summed E-state index contributed by atoms with van der Waals surface area (Å²) in [6, 6.07) is 14.3.